The summed E-state index contributed by atoms with van der Waals surface area (Å²) < 4.78 is 4.54. The van der Waals surface area contributed by atoms with Gasteiger partial charge in [0.1, 0.15) is 0 Å². The molecule has 0 N–H and O–H groups in total. The van der Waals surface area contributed by atoms with E-state index >= 15 is 0 Å². The summed E-state index contributed by atoms with van der Waals surface area (Å²) in [6.07, 6.45) is 1.37. The summed E-state index contributed by atoms with van der Waals surface area (Å²) in [5.74, 6) is 0. The van der Waals surface area contributed by atoms with E-state index in [1.54, 1.807) is 0 Å². The van der Waals surface area contributed by atoms with Gasteiger partial charge in [0, 0.05) is 0 Å². The fourth-order valence-electron chi connectivity index (χ4n) is 0.390. The quantitative estimate of drug-likeness (QED) is 0.280. The van der Waals surface area contributed by atoms with E-state index in [1.807, 2.05) is 0 Å². The minimum absolute atomic E-state index is 0.594. The number of ether oxygens (including phenoxy) is 1. The van der Waals surface area contributed by atoms with Crippen molar-refractivity contribution in [3.63, 3.8) is 0 Å². The Kier molecular flexibility index (Phi) is 1.51. The third kappa shape index (κ3) is 1.30. The lowest BCUT2D eigenvalue weighted by atomic mass is 10.7. The summed E-state index contributed by atoms with van der Waals surface area (Å²) in [5, 5.41) is 0. The molecule has 0 amide bonds. The summed E-state index contributed by atoms with van der Waals surface area (Å²) in [5.41, 5.74) is 0. The summed E-state index contributed by atoms with van der Waals surface area (Å²) in [6, 6.07) is 0. The van der Waals surface area contributed by atoms with Crippen LogP contribution in [0, 0.1) is 0 Å². The first-order valence-electron chi connectivity index (χ1n) is 2.18. The maximum Gasteiger partial charge on any atom is 0.237 e. The monoisotopic (exact) mass is 126 g/mol. The molecule has 2 unspecified atom stereocenters. The first-order chi connectivity index (χ1) is 4.38. The molecular formula is C4H2N2O3. The van der Waals surface area contributed by atoms with Crippen molar-refractivity contribution in [1.82, 2.24) is 0 Å². The van der Waals surface area contributed by atoms with E-state index in [9.17, 15) is 9.59 Å². The van der Waals surface area contributed by atoms with Crippen molar-refractivity contribution in [2.45, 2.75) is 12.5 Å². The summed E-state index contributed by atoms with van der Waals surface area (Å²) in [6.45, 7) is 0. The molecule has 46 valence electrons. The summed E-state index contributed by atoms with van der Waals surface area (Å²) in [4.78, 5) is 25.3. The second kappa shape index (κ2) is 2.33. The van der Waals surface area contributed by atoms with Crippen molar-refractivity contribution in [2.24, 2.45) is 9.98 Å². The van der Waals surface area contributed by atoms with Gasteiger partial charge in [0.2, 0.25) is 24.6 Å². The fourth-order valence-corrected chi connectivity index (χ4v) is 0.390. The number of rotatable bonds is 2. The Labute approximate surface area is 50.1 Å². The van der Waals surface area contributed by atoms with Gasteiger partial charge < -0.3 is 4.74 Å². The minimum atomic E-state index is -0.594. The number of nitrogens with zero attached hydrogens (tertiary/aromatic N) is 2. The molecule has 0 aromatic rings. The van der Waals surface area contributed by atoms with Crippen molar-refractivity contribution >= 4 is 12.2 Å². The Balaban J connectivity index is 2.41. The van der Waals surface area contributed by atoms with Crippen LogP contribution in [0.3, 0.4) is 0 Å². The lowest BCUT2D eigenvalue weighted by molar-refractivity contribution is 0.377. The molecule has 0 spiro atoms. The summed E-state index contributed by atoms with van der Waals surface area (Å²) in [7, 11) is 0. The lowest BCUT2D eigenvalue weighted by Gasteiger charge is -1.65. The zero-order valence-corrected chi connectivity index (χ0v) is 4.27. The van der Waals surface area contributed by atoms with E-state index in [1.165, 1.54) is 12.2 Å². The van der Waals surface area contributed by atoms with Gasteiger partial charge in [-0.3, -0.25) is 0 Å². The number of epoxide rings is 1. The molecule has 1 aliphatic heterocycles. The van der Waals surface area contributed by atoms with Gasteiger partial charge in [-0.05, 0) is 0 Å². The highest BCUT2D eigenvalue weighted by atomic mass is 16.6. The second-order valence-electron chi connectivity index (χ2n) is 1.36. The van der Waals surface area contributed by atoms with Crippen LogP contribution < -0.4 is 0 Å². The molecule has 0 bridgehead atoms. The van der Waals surface area contributed by atoms with Gasteiger partial charge in [0.05, 0.1) is 0 Å². The standard InChI is InChI=1S/C4H2N2O3/c7-1-5-3-4(9-3)6-2-8/h3-4H. The van der Waals surface area contributed by atoms with Gasteiger partial charge in [0.15, 0.2) is 0 Å². The molecule has 5 heteroatoms. The Morgan fingerprint density at radius 2 is 1.56 bits per heavy atom. The van der Waals surface area contributed by atoms with Crippen molar-refractivity contribution in [3.05, 3.63) is 0 Å². The van der Waals surface area contributed by atoms with Crippen molar-refractivity contribution < 1.29 is 14.3 Å². The van der Waals surface area contributed by atoms with Crippen LogP contribution in [0.25, 0.3) is 0 Å². The maximum atomic E-state index is 9.49. The van der Waals surface area contributed by atoms with E-state index in [0.717, 1.165) is 0 Å². The van der Waals surface area contributed by atoms with Gasteiger partial charge in [-0.2, -0.15) is 9.98 Å². The number of hydrogen-bond acceptors (Lipinski definition) is 5. The molecule has 0 aliphatic carbocycles. The largest absolute Gasteiger partial charge is 0.320 e. The minimum Gasteiger partial charge on any atom is -0.320 e. The number of hydrogen-bond donors (Lipinski definition) is 0. The van der Waals surface area contributed by atoms with E-state index < -0.39 is 12.5 Å². The van der Waals surface area contributed by atoms with Gasteiger partial charge >= 0.3 is 0 Å². The van der Waals surface area contributed by atoms with Gasteiger partial charge in [0.25, 0.3) is 0 Å². The van der Waals surface area contributed by atoms with Gasteiger partial charge in [-0.1, -0.05) is 0 Å². The molecule has 0 radical (unpaired) electrons. The molecule has 0 aromatic heterocycles. The van der Waals surface area contributed by atoms with Crippen LogP contribution in [0.1, 0.15) is 0 Å². The lowest BCUT2D eigenvalue weighted by Crippen LogP contribution is -1.83. The van der Waals surface area contributed by atoms with Crippen molar-refractivity contribution in [1.29, 1.82) is 0 Å². The predicted octanol–water partition coefficient (Wildman–Crippen LogP) is -0.660. The smallest absolute Gasteiger partial charge is 0.237 e. The van der Waals surface area contributed by atoms with Crippen LogP contribution in [0.15, 0.2) is 9.98 Å². The predicted molar refractivity (Wildman–Crippen MR) is 24.9 cm³/mol. The molecule has 9 heavy (non-hydrogen) atoms. The normalized spacial score (nSPS) is 29.8. The van der Waals surface area contributed by atoms with E-state index in [4.69, 9.17) is 0 Å². The maximum absolute atomic E-state index is 9.49. The average molecular weight is 126 g/mol. The molecule has 0 saturated carbocycles. The van der Waals surface area contributed by atoms with Crippen LogP contribution in [0.2, 0.25) is 0 Å². The van der Waals surface area contributed by atoms with Gasteiger partial charge in [-0.25, -0.2) is 9.59 Å². The SMILES string of the molecule is O=C=NC1OC1N=C=O. The second-order valence-corrected chi connectivity index (χ2v) is 1.36. The van der Waals surface area contributed by atoms with Crippen LogP contribution >= 0.6 is 0 Å². The zero-order valence-electron chi connectivity index (χ0n) is 4.27. The average Bonchev–Trinajstić information content (AvgIpc) is 2.50. The Bertz CT molecular complexity index is 180. The number of carbonyl (C=O) groups excluding carboxylic acids is 2. The van der Waals surface area contributed by atoms with E-state index in [2.05, 4.69) is 14.7 Å². The molecular weight excluding hydrogens is 124 g/mol. The third-order valence-electron chi connectivity index (χ3n) is 0.806. The topological polar surface area (TPSA) is 71.4 Å². The fraction of sp³-hybridized carbons (Fsp3) is 0.500. The highest BCUT2D eigenvalue weighted by Gasteiger charge is 2.39. The van der Waals surface area contributed by atoms with Gasteiger partial charge in [-0.15, -0.1) is 0 Å². The van der Waals surface area contributed by atoms with E-state index in [-0.39, 0.29) is 0 Å². The van der Waals surface area contributed by atoms with Crippen LogP contribution in [-0.4, -0.2) is 24.6 Å². The number of isocyanates is 2. The molecule has 1 saturated heterocycles. The van der Waals surface area contributed by atoms with Crippen LogP contribution in [0.5, 0.6) is 0 Å². The van der Waals surface area contributed by atoms with Crippen molar-refractivity contribution in [2.75, 3.05) is 0 Å². The molecule has 2 atom stereocenters. The summed E-state index contributed by atoms with van der Waals surface area (Å²) >= 11 is 0. The molecule has 5 nitrogen and oxygen atoms in total. The molecule has 1 heterocycles. The first kappa shape index (κ1) is 5.85. The van der Waals surface area contributed by atoms with Crippen LogP contribution in [0.4, 0.5) is 0 Å². The first-order valence-corrected chi connectivity index (χ1v) is 2.18. The Morgan fingerprint density at radius 3 is 1.89 bits per heavy atom. The molecule has 1 fully saturated rings. The number of aliphatic imine (C=N–C) groups is 2. The van der Waals surface area contributed by atoms with E-state index in [0.29, 0.717) is 0 Å². The Hall–Kier alpha value is -1.28. The Morgan fingerprint density at radius 1 is 1.11 bits per heavy atom. The molecule has 0 aromatic carbocycles. The zero-order chi connectivity index (χ0) is 6.69. The van der Waals surface area contributed by atoms with Crippen molar-refractivity contribution in [3.8, 4) is 0 Å². The highest BCUT2D eigenvalue weighted by molar-refractivity contribution is 5.36. The highest BCUT2D eigenvalue weighted by Crippen LogP contribution is 2.22. The van der Waals surface area contributed by atoms with Crippen LogP contribution in [-0.2, 0) is 14.3 Å². The third-order valence-corrected chi connectivity index (χ3v) is 0.806. The molecule has 1 rings (SSSR count). The molecule has 1 aliphatic rings.